The fourth-order valence-corrected chi connectivity index (χ4v) is 9.90. The van der Waals surface area contributed by atoms with Gasteiger partial charge >= 0.3 is 0 Å². The molecule has 0 saturated carbocycles. The molecule has 4 heteroatoms. The Balaban J connectivity index is 0.894. The minimum Gasteiger partial charge on any atom is -0.333 e. The lowest BCUT2D eigenvalue weighted by Crippen LogP contribution is -2.28. The van der Waals surface area contributed by atoms with Crippen molar-refractivity contribution < 1.29 is 0 Å². The van der Waals surface area contributed by atoms with Crippen LogP contribution in [0.25, 0.3) is 83.3 Å². The predicted molar refractivity (Wildman–Crippen MR) is 258 cm³/mol. The molecule has 0 radical (unpaired) electrons. The molecule has 0 spiro atoms. The zero-order chi connectivity index (χ0) is 41.3. The van der Waals surface area contributed by atoms with Crippen molar-refractivity contribution in [2.45, 2.75) is 25.8 Å². The van der Waals surface area contributed by atoms with Crippen LogP contribution in [0.1, 0.15) is 22.6 Å². The molecule has 10 aromatic rings. The van der Waals surface area contributed by atoms with Gasteiger partial charge in [0.15, 0.2) is 0 Å². The highest BCUT2D eigenvalue weighted by Crippen LogP contribution is 2.49. The molecular weight excluding hydrogens is 753 g/mol. The Labute approximate surface area is 361 Å². The van der Waals surface area contributed by atoms with Crippen LogP contribution in [0.5, 0.6) is 0 Å². The summed E-state index contributed by atoms with van der Waals surface area (Å²) in [5.74, 6) is 0.296. The monoisotopic (exact) mass is 794 g/mol. The van der Waals surface area contributed by atoms with E-state index in [0.717, 1.165) is 39.1 Å². The number of rotatable bonds is 6. The zero-order valence-electron chi connectivity index (χ0n) is 34.6. The Kier molecular flexibility index (Phi) is 8.39. The van der Waals surface area contributed by atoms with E-state index in [1.165, 1.54) is 72.2 Å². The molecule has 4 nitrogen and oxygen atoms in total. The van der Waals surface area contributed by atoms with Crippen molar-refractivity contribution in [1.29, 1.82) is 0 Å². The van der Waals surface area contributed by atoms with E-state index in [9.17, 15) is 0 Å². The molecule has 8 aromatic carbocycles. The number of hydrogen-bond acceptors (Lipinski definition) is 3. The number of fused-ring (bicyclic) bond motifs is 7. The van der Waals surface area contributed by atoms with Gasteiger partial charge in [0.05, 0.1) is 39.5 Å². The van der Waals surface area contributed by atoms with E-state index < -0.39 is 0 Å². The predicted octanol–water partition coefficient (Wildman–Crippen LogP) is 14.7. The number of benzene rings is 8. The second kappa shape index (κ2) is 14.4. The number of allylic oxidation sites excluding steroid dienone is 2. The van der Waals surface area contributed by atoms with Crippen molar-refractivity contribution >= 4 is 44.2 Å². The van der Waals surface area contributed by atoms with E-state index in [-0.39, 0.29) is 6.04 Å². The molecule has 0 bridgehead atoms. The molecule has 1 aliphatic heterocycles. The zero-order valence-corrected chi connectivity index (χ0v) is 34.6. The van der Waals surface area contributed by atoms with Gasteiger partial charge in [0.1, 0.15) is 0 Å². The summed E-state index contributed by atoms with van der Waals surface area (Å²) in [5.41, 5.74) is 20.4. The third-order valence-corrected chi connectivity index (χ3v) is 13.0. The van der Waals surface area contributed by atoms with Gasteiger partial charge in [0.25, 0.3) is 0 Å². The Morgan fingerprint density at radius 1 is 0.403 bits per heavy atom. The SMILES string of the molecule is Cc1ccccc1N1c2ccc(-c3ccc(-c4nc5ccccc5nc4-c4ccc(-c5ccc6c(c5)c5ccccc5n6-c5ccccc5C)cc4)cc3)cc2C2C=CC=CC21. The van der Waals surface area contributed by atoms with E-state index >= 15 is 0 Å². The average Bonchev–Trinajstić information content (AvgIpc) is 3.83. The van der Waals surface area contributed by atoms with Gasteiger partial charge in [-0.3, -0.25) is 0 Å². The maximum Gasteiger partial charge on any atom is 0.0973 e. The lowest BCUT2D eigenvalue weighted by Gasteiger charge is -2.29. The molecule has 2 aliphatic rings. The second-order valence-corrected chi connectivity index (χ2v) is 16.7. The Bertz CT molecular complexity index is 3440. The van der Waals surface area contributed by atoms with Crippen LogP contribution >= 0.6 is 0 Å². The summed E-state index contributed by atoms with van der Waals surface area (Å²) in [4.78, 5) is 13.0. The van der Waals surface area contributed by atoms with Crippen molar-refractivity contribution in [3.05, 3.63) is 223 Å². The van der Waals surface area contributed by atoms with Crippen LogP contribution in [0.2, 0.25) is 0 Å². The maximum absolute atomic E-state index is 5.25. The van der Waals surface area contributed by atoms with Gasteiger partial charge in [-0.2, -0.15) is 0 Å². The smallest absolute Gasteiger partial charge is 0.0973 e. The first-order chi connectivity index (χ1) is 30.6. The minimum atomic E-state index is 0.258. The fraction of sp³-hybridized carbons (Fsp3) is 0.0690. The van der Waals surface area contributed by atoms with Gasteiger partial charge in [-0.1, -0.05) is 152 Å². The van der Waals surface area contributed by atoms with E-state index in [1.807, 2.05) is 24.3 Å². The molecule has 2 unspecified atom stereocenters. The largest absolute Gasteiger partial charge is 0.333 e. The van der Waals surface area contributed by atoms with Crippen molar-refractivity contribution in [2.75, 3.05) is 4.90 Å². The number of aryl methyl sites for hydroxylation is 2. The van der Waals surface area contributed by atoms with Crippen molar-refractivity contribution in [3.8, 4) is 50.5 Å². The van der Waals surface area contributed by atoms with Crippen LogP contribution < -0.4 is 4.90 Å². The molecule has 0 amide bonds. The van der Waals surface area contributed by atoms with E-state index in [1.54, 1.807) is 0 Å². The standard InChI is InChI=1S/C58H42N4/c1-37-13-3-9-19-51(37)61-53-21-11-5-15-45(53)47-35-43(31-33-55(47)61)39-23-27-41(28-24-39)57-58(60-50-18-8-7-17-49(50)59-57)42-29-25-40(26-30-42)44-32-34-56-48(36-44)46-16-6-12-22-54(46)62(56)52-20-10-4-14-38(52)2/h3-36,45,53H,1-2H3. The summed E-state index contributed by atoms with van der Waals surface area (Å²) in [5, 5.41) is 2.49. The molecule has 2 atom stereocenters. The topological polar surface area (TPSA) is 34.0 Å². The Hall–Kier alpha value is -7.82. The molecule has 0 fully saturated rings. The first-order valence-electron chi connectivity index (χ1n) is 21.5. The third-order valence-electron chi connectivity index (χ3n) is 13.0. The van der Waals surface area contributed by atoms with Crippen molar-refractivity contribution in [3.63, 3.8) is 0 Å². The Morgan fingerprint density at radius 2 is 0.919 bits per heavy atom. The highest BCUT2D eigenvalue weighted by molar-refractivity contribution is 6.10. The number of nitrogens with zero attached hydrogens (tertiary/aromatic N) is 4. The average molecular weight is 795 g/mol. The maximum atomic E-state index is 5.25. The lowest BCUT2D eigenvalue weighted by atomic mass is 9.89. The van der Waals surface area contributed by atoms with Gasteiger partial charge < -0.3 is 9.47 Å². The van der Waals surface area contributed by atoms with Crippen LogP contribution in [0.3, 0.4) is 0 Å². The number of hydrogen-bond donors (Lipinski definition) is 0. The highest BCUT2D eigenvalue weighted by Gasteiger charge is 2.38. The van der Waals surface area contributed by atoms with Crippen LogP contribution in [-0.2, 0) is 0 Å². The quantitative estimate of drug-likeness (QED) is 0.168. The van der Waals surface area contributed by atoms with Crippen LogP contribution in [-0.4, -0.2) is 20.6 Å². The summed E-state index contributed by atoms with van der Waals surface area (Å²) >= 11 is 0. The van der Waals surface area contributed by atoms with E-state index in [4.69, 9.17) is 9.97 Å². The molecule has 294 valence electrons. The van der Waals surface area contributed by atoms with Gasteiger partial charge in [0, 0.05) is 44.9 Å². The molecule has 0 N–H and O–H groups in total. The number of para-hydroxylation sites is 5. The fourth-order valence-electron chi connectivity index (χ4n) is 9.90. The summed E-state index contributed by atoms with van der Waals surface area (Å²) in [6.45, 7) is 4.39. The molecule has 1 aliphatic carbocycles. The third kappa shape index (κ3) is 5.83. The lowest BCUT2D eigenvalue weighted by molar-refractivity contribution is 0.743. The van der Waals surface area contributed by atoms with Crippen molar-refractivity contribution in [1.82, 2.24) is 14.5 Å². The van der Waals surface area contributed by atoms with Crippen LogP contribution in [0, 0.1) is 13.8 Å². The first kappa shape index (κ1) is 36.1. The summed E-state index contributed by atoms with van der Waals surface area (Å²) < 4.78 is 2.39. The molecule has 0 saturated heterocycles. The number of aromatic nitrogens is 3. The van der Waals surface area contributed by atoms with Crippen LogP contribution in [0.4, 0.5) is 11.4 Å². The van der Waals surface area contributed by atoms with E-state index in [0.29, 0.717) is 5.92 Å². The minimum absolute atomic E-state index is 0.258. The molecular formula is C58H42N4. The van der Waals surface area contributed by atoms with Crippen molar-refractivity contribution in [2.24, 2.45) is 0 Å². The molecule has 3 heterocycles. The molecule has 2 aromatic heterocycles. The first-order valence-corrected chi connectivity index (χ1v) is 21.5. The molecule has 62 heavy (non-hydrogen) atoms. The Morgan fingerprint density at radius 3 is 1.60 bits per heavy atom. The van der Waals surface area contributed by atoms with Gasteiger partial charge in [-0.15, -0.1) is 0 Å². The summed E-state index contributed by atoms with van der Waals surface area (Å²) in [6, 6.07) is 66.0. The summed E-state index contributed by atoms with van der Waals surface area (Å²) in [6.07, 6.45) is 9.07. The second-order valence-electron chi connectivity index (χ2n) is 16.7. The molecule has 12 rings (SSSR count). The van der Waals surface area contributed by atoms with Gasteiger partial charge in [-0.05, 0) is 107 Å². The van der Waals surface area contributed by atoms with Gasteiger partial charge in [0.2, 0.25) is 0 Å². The van der Waals surface area contributed by atoms with E-state index in [2.05, 4.69) is 205 Å². The van der Waals surface area contributed by atoms with Gasteiger partial charge in [-0.25, -0.2) is 9.97 Å². The number of anilines is 2. The van der Waals surface area contributed by atoms with Crippen LogP contribution in [0.15, 0.2) is 206 Å². The summed E-state index contributed by atoms with van der Waals surface area (Å²) in [7, 11) is 0. The normalized spacial score (nSPS) is 15.4. The highest BCUT2D eigenvalue weighted by atomic mass is 15.2.